The first-order valence-electron chi connectivity index (χ1n) is 11.6. The third-order valence-corrected chi connectivity index (χ3v) is 6.03. The van der Waals surface area contributed by atoms with E-state index in [-0.39, 0.29) is 0 Å². The molecule has 3 aromatic heterocycles. The van der Waals surface area contributed by atoms with E-state index in [1.807, 2.05) is 54.7 Å². The normalized spacial score (nSPS) is 18.6. The van der Waals surface area contributed by atoms with Gasteiger partial charge in [-0.05, 0) is 44.0 Å². The standard InChI is InChI=1S/C19H23N7O.C6H6/c1-6-20-12-14(1)18-25-24-17-11-13(3-8-26(17)18)16-2-7-21-19(23-16)22-15-4-9-27-10-5-15;1-2-4-6-5-3-1/h2-3,7-8,11,14-15,20H,1,4-6,9-10,12H2,(H,21,22,23);1-6H/t14-;/m1./s1. The number of rotatable bonds is 4. The molecule has 0 amide bonds. The number of aromatic nitrogens is 5. The third kappa shape index (κ3) is 5.35. The minimum Gasteiger partial charge on any atom is -0.381 e. The fourth-order valence-electron chi connectivity index (χ4n) is 4.22. The molecule has 0 saturated carbocycles. The van der Waals surface area contributed by atoms with Gasteiger partial charge in [0.1, 0.15) is 5.82 Å². The van der Waals surface area contributed by atoms with E-state index in [1.54, 1.807) is 6.20 Å². The van der Waals surface area contributed by atoms with E-state index in [0.29, 0.717) is 17.9 Å². The van der Waals surface area contributed by atoms with Crippen LogP contribution in [-0.4, -0.2) is 56.9 Å². The van der Waals surface area contributed by atoms with Crippen molar-refractivity contribution < 1.29 is 4.74 Å². The Labute approximate surface area is 193 Å². The van der Waals surface area contributed by atoms with Crippen molar-refractivity contribution in [2.45, 2.75) is 31.2 Å². The van der Waals surface area contributed by atoms with Crippen LogP contribution in [0.4, 0.5) is 5.95 Å². The van der Waals surface area contributed by atoms with Crippen LogP contribution in [0.15, 0.2) is 67.0 Å². The highest BCUT2D eigenvalue weighted by Crippen LogP contribution is 2.24. The molecule has 170 valence electrons. The fourth-order valence-corrected chi connectivity index (χ4v) is 4.22. The molecular formula is C25H29N7O. The molecule has 8 heteroatoms. The highest BCUT2D eigenvalue weighted by molar-refractivity contribution is 5.64. The first kappa shape index (κ1) is 21.5. The first-order chi connectivity index (χ1) is 16.4. The molecular weight excluding hydrogens is 414 g/mol. The number of hydrogen-bond donors (Lipinski definition) is 2. The van der Waals surface area contributed by atoms with Crippen LogP contribution in [0.1, 0.15) is 31.0 Å². The van der Waals surface area contributed by atoms with Gasteiger partial charge in [0.25, 0.3) is 0 Å². The van der Waals surface area contributed by atoms with Crippen molar-refractivity contribution in [3.8, 4) is 11.3 Å². The minimum atomic E-state index is 0.371. The zero-order chi connectivity index (χ0) is 22.3. The van der Waals surface area contributed by atoms with Gasteiger partial charge in [0.15, 0.2) is 5.65 Å². The summed E-state index contributed by atoms with van der Waals surface area (Å²) in [6, 6.07) is 18.4. The molecule has 8 nitrogen and oxygen atoms in total. The van der Waals surface area contributed by atoms with Gasteiger partial charge in [0.2, 0.25) is 5.95 Å². The summed E-state index contributed by atoms with van der Waals surface area (Å²) in [6.07, 6.45) is 6.92. The molecule has 2 saturated heterocycles. The predicted octanol–water partition coefficient (Wildman–Crippen LogP) is 3.54. The Balaban J connectivity index is 0.000000332. The SMILES string of the molecule is c1cc(-c2ccn3c([C@@H]4CCNC4)nnc3c2)nc(NC2CCOCC2)n1.c1ccccc1. The van der Waals surface area contributed by atoms with Gasteiger partial charge in [-0.3, -0.25) is 4.40 Å². The minimum absolute atomic E-state index is 0.371. The van der Waals surface area contributed by atoms with E-state index in [2.05, 4.69) is 36.3 Å². The topological polar surface area (TPSA) is 89.3 Å². The van der Waals surface area contributed by atoms with Crippen LogP contribution in [0, 0.1) is 0 Å². The Kier molecular flexibility index (Phi) is 6.84. The van der Waals surface area contributed by atoms with Crippen molar-refractivity contribution in [2.75, 3.05) is 31.6 Å². The van der Waals surface area contributed by atoms with Gasteiger partial charge in [-0.15, -0.1) is 10.2 Å². The predicted molar refractivity (Wildman–Crippen MR) is 128 cm³/mol. The van der Waals surface area contributed by atoms with Crippen molar-refractivity contribution in [3.05, 3.63) is 72.8 Å². The molecule has 2 N–H and O–H groups in total. The Morgan fingerprint density at radius 1 is 0.970 bits per heavy atom. The first-order valence-corrected chi connectivity index (χ1v) is 11.6. The molecule has 0 bridgehead atoms. The van der Waals surface area contributed by atoms with Gasteiger partial charge >= 0.3 is 0 Å². The van der Waals surface area contributed by atoms with Crippen LogP contribution in [0.3, 0.4) is 0 Å². The molecule has 4 aromatic rings. The second-order valence-corrected chi connectivity index (χ2v) is 8.34. The average molecular weight is 444 g/mol. The molecule has 6 rings (SSSR count). The van der Waals surface area contributed by atoms with E-state index in [9.17, 15) is 0 Å². The van der Waals surface area contributed by atoms with E-state index < -0.39 is 0 Å². The van der Waals surface area contributed by atoms with Gasteiger partial charge in [0.05, 0.1) is 5.69 Å². The summed E-state index contributed by atoms with van der Waals surface area (Å²) >= 11 is 0. The maximum absolute atomic E-state index is 5.41. The molecule has 33 heavy (non-hydrogen) atoms. The van der Waals surface area contributed by atoms with Gasteiger partial charge in [-0.25, -0.2) is 9.97 Å². The fraction of sp³-hybridized carbons (Fsp3) is 0.360. The highest BCUT2D eigenvalue weighted by Gasteiger charge is 2.22. The van der Waals surface area contributed by atoms with Crippen molar-refractivity contribution in [3.63, 3.8) is 0 Å². The van der Waals surface area contributed by atoms with E-state index in [0.717, 1.165) is 68.3 Å². The number of hydrogen-bond acceptors (Lipinski definition) is 7. The molecule has 0 radical (unpaired) electrons. The zero-order valence-electron chi connectivity index (χ0n) is 18.6. The molecule has 0 spiro atoms. The Hall–Kier alpha value is -3.36. The summed E-state index contributed by atoms with van der Waals surface area (Å²) in [5.41, 5.74) is 2.75. The van der Waals surface area contributed by atoms with Gasteiger partial charge in [-0.2, -0.15) is 0 Å². The lowest BCUT2D eigenvalue weighted by Gasteiger charge is -2.23. The quantitative estimate of drug-likeness (QED) is 0.499. The number of benzene rings is 1. The third-order valence-electron chi connectivity index (χ3n) is 6.03. The van der Waals surface area contributed by atoms with Crippen LogP contribution in [0.5, 0.6) is 0 Å². The van der Waals surface area contributed by atoms with Gasteiger partial charge in [-0.1, -0.05) is 36.4 Å². The van der Waals surface area contributed by atoms with Gasteiger partial charge in [0, 0.05) is 49.7 Å². The maximum atomic E-state index is 5.41. The molecule has 0 unspecified atom stereocenters. The maximum Gasteiger partial charge on any atom is 0.223 e. The van der Waals surface area contributed by atoms with Crippen molar-refractivity contribution in [1.29, 1.82) is 0 Å². The van der Waals surface area contributed by atoms with Crippen molar-refractivity contribution >= 4 is 11.6 Å². The summed E-state index contributed by atoms with van der Waals surface area (Å²) in [7, 11) is 0. The largest absolute Gasteiger partial charge is 0.381 e. The molecule has 2 fully saturated rings. The number of nitrogens with zero attached hydrogens (tertiary/aromatic N) is 5. The Morgan fingerprint density at radius 3 is 2.48 bits per heavy atom. The average Bonchev–Trinajstić information content (AvgIpc) is 3.56. The molecule has 2 aliphatic rings. The molecule has 0 aliphatic carbocycles. The number of fused-ring (bicyclic) bond motifs is 1. The Morgan fingerprint density at radius 2 is 1.76 bits per heavy atom. The monoisotopic (exact) mass is 443 g/mol. The van der Waals surface area contributed by atoms with Crippen molar-refractivity contribution in [1.82, 2.24) is 29.9 Å². The summed E-state index contributed by atoms with van der Waals surface area (Å²) in [6.45, 7) is 3.59. The summed E-state index contributed by atoms with van der Waals surface area (Å²) in [4.78, 5) is 9.07. The molecule has 1 atom stereocenters. The summed E-state index contributed by atoms with van der Waals surface area (Å²) in [5.74, 6) is 2.13. The van der Waals surface area contributed by atoms with Crippen LogP contribution in [-0.2, 0) is 4.74 Å². The van der Waals surface area contributed by atoms with Crippen molar-refractivity contribution in [2.24, 2.45) is 0 Å². The number of anilines is 1. The zero-order valence-corrected chi connectivity index (χ0v) is 18.6. The lowest BCUT2D eigenvalue weighted by atomic mass is 10.1. The van der Waals surface area contributed by atoms with Crippen LogP contribution in [0.2, 0.25) is 0 Å². The van der Waals surface area contributed by atoms with Crippen LogP contribution < -0.4 is 10.6 Å². The van der Waals surface area contributed by atoms with E-state index >= 15 is 0 Å². The summed E-state index contributed by atoms with van der Waals surface area (Å²) in [5, 5.41) is 15.6. The number of nitrogens with one attached hydrogen (secondary N) is 2. The summed E-state index contributed by atoms with van der Waals surface area (Å²) < 4.78 is 7.50. The van der Waals surface area contributed by atoms with E-state index in [4.69, 9.17) is 9.72 Å². The second-order valence-electron chi connectivity index (χ2n) is 8.34. The second kappa shape index (κ2) is 10.5. The number of pyridine rings is 1. The van der Waals surface area contributed by atoms with Gasteiger partial charge < -0.3 is 15.4 Å². The Bertz CT molecular complexity index is 1130. The lowest BCUT2D eigenvalue weighted by molar-refractivity contribution is 0.0903. The highest BCUT2D eigenvalue weighted by atomic mass is 16.5. The molecule has 2 aliphatic heterocycles. The van der Waals surface area contributed by atoms with Crippen LogP contribution >= 0.6 is 0 Å². The molecule has 5 heterocycles. The molecule has 1 aromatic carbocycles. The smallest absolute Gasteiger partial charge is 0.223 e. The van der Waals surface area contributed by atoms with Crippen LogP contribution in [0.25, 0.3) is 16.9 Å². The van der Waals surface area contributed by atoms with E-state index in [1.165, 1.54) is 0 Å². The lowest BCUT2D eigenvalue weighted by Crippen LogP contribution is -2.28. The number of ether oxygens (including phenoxy) is 1.